The normalized spacial score (nSPS) is 21.9. The van der Waals surface area contributed by atoms with E-state index in [1.807, 2.05) is 18.8 Å². The van der Waals surface area contributed by atoms with Crippen molar-refractivity contribution >= 4 is 17.7 Å². The highest BCUT2D eigenvalue weighted by atomic mass is 32.2. The quantitative estimate of drug-likeness (QED) is 0.582. The van der Waals surface area contributed by atoms with Crippen LogP contribution in [-0.4, -0.2) is 61.1 Å². The lowest BCUT2D eigenvalue weighted by atomic mass is 10.0. The zero-order valence-corrected chi connectivity index (χ0v) is 14.6. The molecule has 1 unspecified atom stereocenters. The monoisotopic (exact) mass is 300 g/mol. The van der Waals surface area contributed by atoms with Gasteiger partial charge in [0.2, 0.25) is 0 Å². The summed E-state index contributed by atoms with van der Waals surface area (Å²) in [6, 6.07) is 0.654. The predicted octanol–water partition coefficient (Wildman–Crippen LogP) is 2.17. The van der Waals surface area contributed by atoms with Gasteiger partial charge >= 0.3 is 0 Å². The largest absolute Gasteiger partial charge is 0.355 e. The zero-order valence-electron chi connectivity index (χ0n) is 13.8. The fourth-order valence-corrected chi connectivity index (χ4v) is 2.73. The van der Waals surface area contributed by atoms with Crippen molar-refractivity contribution in [3.63, 3.8) is 0 Å². The molecule has 1 heterocycles. The number of nitrogens with zero attached hydrogens (tertiary/aromatic N) is 2. The molecule has 20 heavy (non-hydrogen) atoms. The highest BCUT2D eigenvalue weighted by molar-refractivity contribution is 7.99. The molecular weight excluding hydrogens is 268 g/mol. The second-order valence-corrected chi connectivity index (χ2v) is 7.56. The van der Waals surface area contributed by atoms with Crippen LogP contribution in [0, 0.1) is 0 Å². The maximum atomic E-state index is 4.33. The minimum absolute atomic E-state index is 0.234. The first kappa shape index (κ1) is 17.6. The van der Waals surface area contributed by atoms with Gasteiger partial charge in [-0.25, -0.2) is 0 Å². The molecule has 0 aliphatic carbocycles. The molecular formula is C15H32N4S. The minimum atomic E-state index is 0.234. The number of thioether (sulfide) groups is 1. The van der Waals surface area contributed by atoms with E-state index in [0.29, 0.717) is 6.04 Å². The molecule has 0 bridgehead atoms. The number of hydrogen-bond donors (Lipinski definition) is 2. The molecule has 0 aromatic rings. The Bertz CT molecular complexity index is 304. The molecule has 0 amide bonds. The first-order valence-electron chi connectivity index (χ1n) is 7.76. The zero-order chi connectivity index (χ0) is 15.0. The Morgan fingerprint density at radius 3 is 2.70 bits per heavy atom. The Kier molecular flexibility index (Phi) is 7.74. The molecule has 0 aromatic heterocycles. The fourth-order valence-electron chi connectivity index (χ4n) is 2.51. The molecule has 0 saturated carbocycles. The third kappa shape index (κ3) is 5.92. The van der Waals surface area contributed by atoms with E-state index < -0.39 is 0 Å². The van der Waals surface area contributed by atoms with Gasteiger partial charge in [0.1, 0.15) is 0 Å². The van der Waals surface area contributed by atoms with Gasteiger partial charge in [0.15, 0.2) is 5.96 Å². The fraction of sp³-hybridized carbons (Fsp3) is 0.933. The van der Waals surface area contributed by atoms with Gasteiger partial charge < -0.3 is 10.6 Å². The average Bonchev–Trinajstić information content (AvgIpc) is 2.47. The molecule has 1 fully saturated rings. The number of rotatable bonds is 6. The molecule has 0 radical (unpaired) electrons. The lowest BCUT2D eigenvalue weighted by molar-refractivity contribution is 0.157. The third-order valence-corrected chi connectivity index (χ3v) is 5.37. The van der Waals surface area contributed by atoms with Gasteiger partial charge in [-0.3, -0.25) is 9.89 Å². The van der Waals surface area contributed by atoms with Crippen LogP contribution in [0.2, 0.25) is 0 Å². The number of likely N-dealkylation sites (tertiary alicyclic amines) is 1. The van der Waals surface area contributed by atoms with E-state index in [1.54, 1.807) is 0 Å². The van der Waals surface area contributed by atoms with Gasteiger partial charge in [-0.05, 0) is 46.0 Å². The van der Waals surface area contributed by atoms with Gasteiger partial charge in [0.25, 0.3) is 0 Å². The van der Waals surface area contributed by atoms with E-state index in [0.717, 1.165) is 25.6 Å². The molecule has 5 heteroatoms. The Balaban J connectivity index is 2.37. The molecule has 2 N–H and O–H groups in total. The molecule has 0 spiro atoms. The number of hydrogen-bond acceptors (Lipinski definition) is 3. The SMILES string of the molecule is CCN1CCCCC1CNC(=NC)NCC(C)(C)SC. The van der Waals surface area contributed by atoms with Crippen molar-refractivity contribution in [2.45, 2.75) is 50.8 Å². The summed E-state index contributed by atoms with van der Waals surface area (Å²) in [5.74, 6) is 0.925. The van der Waals surface area contributed by atoms with Gasteiger partial charge in [0, 0.05) is 30.9 Å². The van der Waals surface area contributed by atoms with Crippen molar-refractivity contribution in [2.24, 2.45) is 4.99 Å². The van der Waals surface area contributed by atoms with Gasteiger partial charge in [-0.1, -0.05) is 13.3 Å². The molecule has 4 nitrogen and oxygen atoms in total. The highest BCUT2D eigenvalue weighted by Crippen LogP contribution is 2.19. The number of aliphatic imine (C=N–C) groups is 1. The van der Waals surface area contributed by atoms with Crippen molar-refractivity contribution in [2.75, 3.05) is 39.5 Å². The van der Waals surface area contributed by atoms with Gasteiger partial charge in [-0.2, -0.15) is 11.8 Å². The summed E-state index contributed by atoms with van der Waals surface area (Å²) in [7, 11) is 1.85. The highest BCUT2D eigenvalue weighted by Gasteiger charge is 2.21. The smallest absolute Gasteiger partial charge is 0.191 e. The van der Waals surface area contributed by atoms with Crippen LogP contribution in [0.5, 0.6) is 0 Å². The summed E-state index contributed by atoms with van der Waals surface area (Å²) in [4.78, 5) is 6.91. The standard InChI is InChI=1S/C15H32N4S/c1-6-19-10-8-7-9-13(19)11-17-14(16-4)18-12-15(2,3)20-5/h13H,6-12H2,1-5H3,(H2,16,17,18). The van der Waals surface area contributed by atoms with Gasteiger partial charge in [0.05, 0.1) is 0 Å². The molecule has 1 rings (SSSR count). The maximum Gasteiger partial charge on any atom is 0.191 e. The summed E-state index contributed by atoms with van der Waals surface area (Å²) in [5, 5.41) is 6.92. The predicted molar refractivity (Wildman–Crippen MR) is 91.8 cm³/mol. The Morgan fingerprint density at radius 1 is 1.35 bits per heavy atom. The van der Waals surface area contributed by atoms with E-state index in [4.69, 9.17) is 0 Å². The van der Waals surface area contributed by atoms with E-state index in [9.17, 15) is 0 Å². The molecule has 1 aliphatic heterocycles. The van der Waals surface area contributed by atoms with Crippen LogP contribution in [-0.2, 0) is 0 Å². The van der Waals surface area contributed by atoms with E-state index in [1.165, 1.54) is 25.8 Å². The minimum Gasteiger partial charge on any atom is -0.355 e. The van der Waals surface area contributed by atoms with Crippen molar-refractivity contribution in [1.82, 2.24) is 15.5 Å². The first-order chi connectivity index (χ1) is 9.52. The summed E-state index contributed by atoms with van der Waals surface area (Å²) in [6.45, 7) is 11.1. The topological polar surface area (TPSA) is 39.7 Å². The molecule has 1 atom stereocenters. The maximum absolute atomic E-state index is 4.33. The van der Waals surface area contributed by atoms with Crippen LogP contribution in [0.25, 0.3) is 0 Å². The van der Waals surface area contributed by atoms with E-state index in [-0.39, 0.29) is 4.75 Å². The van der Waals surface area contributed by atoms with Crippen LogP contribution < -0.4 is 10.6 Å². The summed E-state index contributed by atoms with van der Waals surface area (Å²) in [6.07, 6.45) is 6.15. The van der Waals surface area contributed by atoms with Crippen LogP contribution in [0.4, 0.5) is 0 Å². The van der Waals surface area contributed by atoms with E-state index in [2.05, 4.69) is 47.6 Å². The first-order valence-corrected chi connectivity index (χ1v) is 8.98. The third-order valence-electron chi connectivity index (χ3n) is 4.12. The average molecular weight is 301 g/mol. The van der Waals surface area contributed by atoms with Crippen molar-refractivity contribution in [3.05, 3.63) is 0 Å². The summed E-state index contributed by atoms with van der Waals surface area (Å²) in [5.41, 5.74) is 0. The summed E-state index contributed by atoms with van der Waals surface area (Å²) < 4.78 is 0.234. The van der Waals surface area contributed by atoms with Crippen molar-refractivity contribution in [3.8, 4) is 0 Å². The number of guanidine groups is 1. The molecule has 1 saturated heterocycles. The lowest BCUT2D eigenvalue weighted by Gasteiger charge is -2.35. The number of nitrogens with one attached hydrogen (secondary N) is 2. The lowest BCUT2D eigenvalue weighted by Crippen LogP contribution is -2.50. The Labute approximate surface area is 129 Å². The van der Waals surface area contributed by atoms with Crippen molar-refractivity contribution in [1.29, 1.82) is 0 Å². The van der Waals surface area contributed by atoms with Crippen LogP contribution in [0.15, 0.2) is 4.99 Å². The van der Waals surface area contributed by atoms with Crippen LogP contribution in [0.3, 0.4) is 0 Å². The second-order valence-electron chi connectivity index (χ2n) is 6.05. The molecule has 0 aromatic carbocycles. The number of piperidine rings is 1. The van der Waals surface area contributed by atoms with Crippen LogP contribution in [0.1, 0.15) is 40.0 Å². The Hall–Kier alpha value is -0.420. The van der Waals surface area contributed by atoms with E-state index >= 15 is 0 Å². The summed E-state index contributed by atoms with van der Waals surface area (Å²) >= 11 is 1.88. The Morgan fingerprint density at radius 2 is 2.10 bits per heavy atom. The number of likely N-dealkylation sites (N-methyl/N-ethyl adjacent to an activating group) is 1. The van der Waals surface area contributed by atoms with Gasteiger partial charge in [-0.15, -0.1) is 0 Å². The van der Waals surface area contributed by atoms with Crippen LogP contribution >= 0.6 is 11.8 Å². The van der Waals surface area contributed by atoms with Crippen molar-refractivity contribution < 1.29 is 0 Å². The molecule has 1 aliphatic rings. The molecule has 118 valence electrons. The second kappa shape index (κ2) is 8.78.